The number of nitrogens with one attached hydrogen (secondary N) is 1. The minimum absolute atomic E-state index is 0.157. The molecule has 0 aromatic rings. The highest BCUT2D eigenvalue weighted by Gasteiger charge is 2.44. The molecular weight excluding hydrogens is 283 g/mol. The van der Waals surface area contributed by atoms with Crippen molar-refractivity contribution in [1.29, 1.82) is 0 Å². The fraction of sp³-hybridized carbons (Fsp3) is 0.800. The van der Waals surface area contributed by atoms with Gasteiger partial charge in [-0.1, -0.05) is 0 Å². The summed E-state index contributed by atoms with van der Waals surface area (Å²) in [6.45, 7) is 0. The fourth-order valence-electron chi connectivity index (χ4n) is 0.808. The minimum Gasteiger partial charge on any atom is -0.332 e. The highest BCUT2D eigenvalue weighted by molar-refractivity contribution is 7.70. The lowest BCUT2D eigenvalue weighted by Gasteiger charge is -2.20. The SMILES string of the molecule is O=C(CCCCl)NC(P(=O)(O)O)P(=O)(O)O. The summed E-state index contributed by atoms with van der Waals surface area (Å²) < 4.78 is 21.5. The van der Waals surface area contributed by atoms with Gasteiger partial charge in [0.25, 0.3) is 0 Å². The van der Waals surface area contributed by atoms with Gasteiger partial charge in [0.05, 0.1) is 0 Å². The number of halogens is 1. The Morgan fingerprint density at radius 3 is 1.94 bits per heavy atom. The van der Waals surface area contributed by atoms with E-state index in [0.717, 1.165) is 0 Å². The molecule has 0 saturated heterocycles. The molecule has 0 rings (SSSR count). The van der Waals surface area contributed by atoms with Crippen LogP contribution in [0, 0.1) is 0 Å². The predicted octanol–water partition coefficient (Wildman–Crippen LogP) is -0.239. The first kappa shape index (κ1) is 16.1. The lowest BCUT2D eigenvalue weighted by molar-refractivity contribution is -0.121. The van der Waals surface area contributed by atoms with Gasteiger partial charge >= 0.3 is 15.2 Å². The molecule has 11 heteroatoms. The fourth-order valence-corrected chi connectivity index (χ4v) is 3.13. The molecule has 0 fully saturated rings. The van der Waals surface area contributed by atoms with Crippen LogP contribution in [-0.2, 0) is 13.9 Å². The molecule has 0 radical (unpaired) electrons. The van der Waals surface area contributed by atoms with Crippen molar-refractivity contribution in [3.05, 3.63) is 0 Å². The predicted molar refractivity (Wildman–Crippen MR) is 56.0 cm³/mol. The third-order valence-electron chi connectivity index (χ3n) is 1.46. The number of alkyl halides is 1. The highest BCUT2D eigenvalue weighted by Crippen LogP contribution is 2.58. The Morgan fingerprint density at radius 2 is 1.62 bits per heavy atom. The second-order valence-corrected chi connectivity index (χ2v) is 7.09. The molecule has 0 atom stereocenters. The number of hydrogen-bond acceptors (Lipinski definition) is 3. The first-order valence-electron chi connectivity index (χ1n) is 4.05. The lowest BCUT2D eigenvalue weighted by Crippen LogP contribution is -2.34. The van der Waals surface area contributed by atoms with Crippen LogP contribution in [0.3, 0.4) is 0 Å². The van der Waals surface area contributed by atoms with E-state index in [2.05, 4.69) is 0 Å². The molecule has 0 unspecified atom stereocenters. The van der Waals surface area contributed by atoms with Gasteiger partial charge in [-0.2, -0.15) is 0 Å². The first-order chi connectivity index (χ1) is 7.09. The first-order valence-corrected chi connectivity index (χ1v) is 7.94. The van der Waals surface area contributed by atoms with Crippen molar-refractivity contribution in [1.82, 2.24) is 5.32 Å². The molecule has 0 saturated carbocycles. The molecule has 0 spiro atoms. The molecule has 96 valence electrons. The monoisotopic (exact) mass is 295 g/mol. The second-order valence-electron chi connectivity index (χ2n) is 2.91. The molecule has 0 aromatic carbocycles. The summed E-state index contributed by atoms with van der Waals surface area (Å²) in [5, 5.41) is 1.61. The standard InChI is InChI=1S/C5H12ClNO7P2/c6-3-1-2-4(8)7-5(15(9,10)11)16(12,13)14/h5H,1-3H2,(H,7,8)(H2,9,10,11)(H2,12,13,14). The van der Waals surface area contributed by atoms with Crippen molar-refractivity contribution in [2.75, 3.05) is 5.88 Å². The maximum atomic E-state index is 11.0. The van der Waals surface area contributed by atoms with Crippen molar-refractivity contribution in [3.8, 4) is 0 Å². The molecule has 0 heterocycles. The van der Waals surface area contributed by atoms with Crippen LogP contribution in [0.5, 0.6) is 0 Å². The van der Waals surface area contributed by atoms with Crippen LogP contribution < -0.4 is 5.32 Å². The van der Waals surface area contributed by atoms with E-state index in [1.165, 1.54) is 0 Å². The van der Waals surface area contributed by atoms with Gasteiger partial charge in [0.1, 0.15) is 0 Å². The average Bonchev–Trinajstić information content (AvgIpc) is 2.07. The summed E-state index contributed by atoms with van der Waals surface area (Å²) >= 11 is 5.27. The summed E-state index contributed by atoms with van der Waals surface area (Å²) in [6.07, 6.45) is 0.0719. The molecule has 0 aliphatic carbocycles. The second kappa shape index (κ2) is 6.12. The molecule has 5 N–H and O–H groups in total. The maximum Gasteiger partial charge on any atom is 0.360 e. The van der Waals surface area contributed by atoms with E-state index in [4.69, 9.17) is 31.2 Å². The van der Waals surface area contributed by atoms with Crippen LogP contribution in [-0.4, -0.2) is 36.9 Å². The van der Waals surface area contributed by atoms with Crippen molar-refractivity contribution in [2.24, 2.45) is 0 Å². The highest BCUT2D eigenvalue weighted by atomic mass is 35.5. The van der Waals surface area contributed by atoms with E-state index in [1.807, 2.05) is 0 Å². The van der Waals surface area contributed by atoms with Gasteiger partial charge in [0.15, 0.2) is 0 Å². The summed E-state index contributed by atoms with van der Waals surface area (Å²) in [7, 11) is -10.2. The number of hydrogen-bond donors (Lipinski definition) is 5. The van der Waals surface area contributed by atoms with Crippen LogP contribution in [0.2, 0.25) is 0 Å². The Hall–Kier alpha value is 0.0600. The summed E-state index contributed by atoms with van der Waals surface area (Å²) in [5.41, 5.74) is -2.50. The molecule has 1 amide bonds. The molecule has 0 bridgehead atoms. The number of carbonyl (C=O) groups excluding carboxylic acids is 1. The zero-order valence-electron chi connectivity index (χ0n) is 7.98. The summed E-state index contributed by atoms with van der Waals surface area (Å²) in [4.78, 5) is 45.7. The largest absolute Gasteiger partial charge is 0.360 e. The lowest BCUT2D eigenvalue weighted by atomic mass is 10.3. The van der Waals surface area contributed by atoms with E-state index in [-0.39, 0.29) is 18.7 Å². The third kappa shape index (κ3) is 5.96. The van der Waals surface area contributed by atoms with Crippen LogP contribution in [0.4, 0.5) is 0 Å². The van der Waals surface area contributed by atoms with Crippen molar-refractivity contribution < 1.29 is 33.5 Å². The number of rotatable bonds is 6. The van der Waals surface area contributed by atoms with Gasteiger partial charge in [0, 0.05) is 12.3 Å². The normalized spacial score (nSPS) is 12.9. The maximum absolute atomic E-state index is 11.0. The molecule has 0 aromatic heterocycles. The van der Waals surface area contributed by atoms with E-state index in [9.17, 15) is 13.9 Å². The van der Waals surface area contributed by atoms with Gasteiger partial charge < -0.3 is 24.9 Å². The van der Waals surface area contributed by atoms with Gasteiger partial charge in [-0.3, -0.25) is 13.9 Å². The van der Waals surface area contributed by atoms with Crippen molar-refractivity contribution in [3.63, 3.8) is 0 Å². The molecule has 8 nitrogen and oxygen atoms in total. The number of amides is 1. The molecule has 0 aliphatic rings. The smallest absolute Gasteiger partial charge is 0.332 e. The van der Waals surface area contributed by atoms with Crippen LogP contribution >= 0.6 is 26.8 Å². The molecular formula is C5H12ClNO7P2. The van der Waals surface area contributed by atoms with Gasteiger partial charge in [-0.05, 0) is 6.42 Å². The Morgan fingerprint density at radius 1 is 1.19 bits per heavy atom. The van der Waals surface area contributed by atoms with E-state index >= 15 is 0 Å². The quantitative estimate of drug-likeness (QED) is 0.336. The zero-order chi connectivity index (χ0) is 13.0. The van der Waals surface area contributed by atoms with Crippen molar-refractivity contribution in [2.45, 2.75) is 18.4 Å². The van der Waals surface area contributed by atoms with Crippen LogP contribution in [0.25, 0.3) is 0 Å². The van der Waals surface area contributed by atoms with Gasteiger partial charge in [0.2, 0.25) is 11.4 Å². The summed E-state index contributed by atoms with van der Waals surface area (Å²) in [5.74, 6) is -0.721. The Bertz CT molecular complexity index is 314. The molecule has 0 aliphatic heterocycles. The Kier molecular flexibility index (Phi) is 6.14. The van der Waals surface area contributed by atoms with Crippen LogP contribution in [0.1, 0.15) is 12.8 Å². The Balaban J connectivity index is 4.66. The van der Waals surface area contributed by atoms with Crippen molar-refractivity contribution >= 4 is 32.7 Å². The van der Waals surface area contributed by atoms with E-state index < -0.39 is 26.6 Å². The van der Waals surface area contributed by atoms with E-state index in [0.29, 0.717) is 0 Å². The van der Waals surface area contributed by atoms with Gasteiger partial charge in [-0.15, -0.1) is 11.6 Å². The van der Waals surface area contributed by atoms with E-state index in [1.54, 1.807) is 5.32 Å². The third-order valence-corrected chi connectivity index (χ3v) is 5.07. The van der Waals surface area contributed by atoms with Crippen LogP contribution in [0.15, 0.2) is 0 Å². The number of carbonyl (C=O) groups is 1. The Labute approximate surface area is 96.3 Å². The topological polar surface area (TPSA) is 144 Å². The zero-order valence-corrected chi connectivity index (χ0v) is 10.5. The van der Waals surface area contributed by atoms with Gasteiger partial charge in [-0.25, -0.2) is 0 Å². The molecule has 16 heavy (non-hydrogen) atoms. The average molecular weight is 296 g/mol. The minimum atomic E-state index is -5.11. The summed E-state index contributed by atoms with van der Waals surface area (Å²) in [6, 6.07) is 0.